The molecule has 0 aliphatic rings. The number of nitrogens with zero attached hydrogens (tertiary/aromatic N) is 2. The van der Waals surface area contributed by atoms with Crippen molar-refractivity contribution < 1.29 is 5.11 Å². The van der Waals surface area contributed by atoms with Gasteiger partial charge in [-0.2, -0.15) is 0 Å². The zero-order valence-electron chi connectivity index (χ0n) is 16.5. The zero-order valence-corrected chi connectivity index (χ0v) is 16.5. The second-order valence-electron chi connectivity index (χ2n) is 6.55. The third-order valence-corrected chi connectivity index (χ3v) is 4.55. The van der Waals surface area contributed by atoms with E-state index in [-0.39, 0.29) is 0 Å². The van der Waals surface area contributed by atoms with Crippen LogP contribution in [0.15, 0.2) is 99.2 Å². The van der Waals surface area contributed by atoms with E-state index in [9.17, 15) is 5.11 Å². The smallest absolute Gasteiger partial charge is 0.104 e. The van der Waals surface area contributed by atoms with Gasteiger partial charge < -0.3 is 14.9 Å². The van der Waals surface area contributed by atoms with Crippen molar-refractivity contribution >= 4 is 11.4 Å². The summed E-state index contributed by atoms with van der Waals surface area (Å²) in [5.74, 6) is 0. The molecule has 0 aromatic heterocycles. The van der Waals surface area contributed by atoms with Crippen molar-refractivity contribution in [3.05, 3.63) is 110 Å². The third-order valence-electron chi connectivity index (χ3n) is 4.55. The van der Waals surface area contributed by atoms with E-state index >= 15 is 0 Å². The summed E-state index contributed by atoms with van der Waals surface area (Å²) >= 11 is 0. The lowest BCUT2D eigenvalue weighted by Gasteiger charge is -2.23. The molecule has 2 aromatic rings. The van der Waals surface area contributed by atoms with E-state index in [1.807, 2.05) is 72.8 Å². The van der Waals surface area contributed by atoms with E-state index in [0.717, 1.165) is 48.7 Å². The number of anilines is 2. The molecule has 0 saturated heterocycles. The van der Waals surface area contributed by atoms with E-state index in [1.165, 1.54) is 0 Å². The predicted molar refractivity (Wildman–Crippen MR) is 122 cm³/mol. The average Bonchev–Trinajstić information content (AvgIpc) is 2.73. The summed E-state index contributed by atoms with van der Waals surface area (Å²) in [5.41, 5.74) is 3.89. The van der Waals surface area contributed by atoms with Crippen molar-refractivity contribution in [2.75, 3.05) is 36.0 Å². The molecule has 0 fully saturated rings. The lowest BCUT2D eigenvalue weighted by Crippen LogP contribution is -2.23. The van der Waals surface area contributed by atoms with Crippen LogP contribution in [0, 0.1) is 0 Å². The second-order valence-corrected chi connectivity index (χ2v) is 6.55. The Labute approximate surface area is 169 Å². The molecule has 0 heterocycles. The van der Waals surface area contributed by atoms with Crippen LogP contribution in [-0.4, -0.2) is 31.3 Å². The van der Waals surface area contributed by atoms with Crippen LogP contribution in [0.2, 0.25) is 0 Å². The highest BCUT2D eigenvalue weighted by atomic mass is 16.3. The number of aliphatic hydroxyl groups is 1. The number of hydrogen-bond acceptors (Lipinski definition) is 3. The summed E-state index contributed by atoms with van der Waals surface area (Å²) in [7, 11) is 0. The van der Waals surface area contributed by atoms with Gasteiger partial charge in [-0.25, -0.2) is 0 Å². The maximum absolute atomic E-state index is 10.8. The quantitative estimate of drug-likeness (QED) is 0.522. The number of benzene rings is 2. The van der Waals surface area contributed by atoms with Gasteiger partial charge in [-0.15, -0.1) is 26.3 Å². The monoisotopic (exact) mass is 374 g/mol. The highest BCUT2D eigenvalue weighted by Crippen LogP contribution is 2.26. The molecule has 0 atom stereocenters. The minimum atomic E-state index is -0.664. The Morgan fingerprint density at radius 1 is 0.607 bits per heavy atom. The van der Waals surface area contributed by atoms with Crippen molar-refractivity contribution in [3.8, 4) is 0 Å². The molecule has 2 rings (SSSR count). The molecule has 0 spiro atoms. The molecule has 0 saturated carbocycles. The highest BCUT2D eigenvalue weighted by Gasteiger charge is 2.12. The molecular formula is C25H30N2O. The molecule has 0 radical (unpaired) electrons. The van der Waals surface area contributed by atoms with Gasteiger partial charge in [0.15, 0.2) is 0 Å². The second kappa shape index (κ2) is 11.0. The fourth-order valence-corrected chi connectivity index (χ4v) is 3.12. The molecule has 0 bridgehead atoms. The summed E-state index contributed by atoms with van der Waals surface area (Å²) < 4.78 is 0. The fourth-order valence-electron chi connectivity index (χ4n) is 3.12. The molecule has 146 valence electrons. The molecule has 1 N–H and O–H groups in total. The van der Waals surface area contributed by atoms with Gasteiger partial charge in [0.1, 0.15) is 6.10 Å². The topological polar surface area (TPSA) is 26.7 Å². The van der Waals surface area contributed by atoms with Crippen molar-refractivity contribution in [1.82, 2.24) is 0 Å². The Balaban J connectivity index is 2.15. The maximum Gasteiger partial charge on any atom is 0.104 e. The van der Waals surface area contributed by atoms with Crippen LogP contribution in [0.4, 0.5) is 11.4 Å². The minimum absolute atomic E-state index is 0.664. The van der Waals surface area contributed by atoms with E-state index in [1.54, 1.807) is 0 Å². The van der Waals surface area contributed by atoms with E-state index in [2.05, 4.69) is 36.1 Å². The van der Waals surface area contributed by atoms with Crippen LogP contribution < -0.4 is 9.80 Å². The lowest BCUT2D eigenvalue weighted by atomic mass is 10.0. The number of hydrogen-bond donors (Lipinski definition) is 1. The zero-order chi connectivity index (χ0) is 20.4. The van der Waals surface area contributed by atoms with Crippen LogP contribution in [-0.2, 0) is 0 Å². The van der Waals surface area contributed by atoms with Gasteiger partial charge in [-0.1, -0.05) is 48.6 Å². The molecule has 0 unspecified atom stereocenters. The van der Waals surface area contributed by atoms with Crippen molar-refractivity contribution in [2.24, 2.45) is 0 Å². The van der Waals surface area contributed by atoms with Gasteiger partial charge in [-0.3, -0.25) is 0 Å². The van der Waals surface area contributed by atoms with Gasteiger partial charge in [0.25, 0.3) is 0 Å². The third kappa shape index (κ3) is 5.48. The van der Waals surface area contributed by atoms with E-state index in [0.29, 0.717) is 0 Å². The van der Waals surface area contributed by atoms with Crippen LogP contribution >= 0.6 is 0 Å². The van der Waals surface area contributed by atoms with Gasteiger partial charge in [0.2, 0.25) is 0 Å². The fraction of sp³-hybridized carbons (Fsp3) is 0.200. The average molecular weight is 375 g/mol. The van der Waals surface area contributed by atoms with Gasteiger partial charge >= 0.3 is 0 Å². The summed E-state index contributed by atoms with van der Waals surface area (Å²) in [6, 6.07) is 16.0. The summed E-state index contributed by atoms with van der Waals surface area (Å²) in [6.07, 6.45) is 6.82. The Hall–Kier alpha value is -3.04. The summed E-state index contributed by atoms with van der Waals surface area (Å²) in [6.45, 7) is 18.2. The first kappa shape index (κ1) is 21.3. The van der Waals surface area contributed by atoms with Gasteiger partial charge in [0, 0.05) is 37.6 Å². The minimum Gasteiger partial charge on any atom is -0.384 e. The number of rotatable bonds is 12. The van der Waals surface area contributed by atoms with Crippen LogP contribution in [0.5, 0.6) is 0 Å². The van der Waals surface area contributed by atoms with Crippen molar-refractivity contribution in [3.63, 3.8) is 0 Å². The van der Waals surface area contributed by atoms with Gasteiger partial charge in [-0.05, 0) is 35.4 Å². The standard InChI is InChI=1S/C25H30N2O/c1-5-17-26(18-6-2)23-13-9-21(10-14-23)25(28)22-11-15-24(16-12-22)27(19-7-3)20-8-4/h5-16,25,28H,1-4,17-20H2. The van der Waals surface area contributed by atoms with Crippen LogP contribution in [0.25, 0.3) is 0 Å². The highest BCUT2D eigenvalue weighted by molar-refractivity contribution is 5.52. The molecular weight excluding hydrogens is 344 g/mol. The van der Waals surface area contributed by atoms with Gasteiger partial charge in [0.05, 0.1) is 0 Å². The summed E-state index contributed by atoms with van der Waals surface area (Å²) in [4.78, 5) is 4.33. The largest absolute Gasteiger partial charge is 0.384 e. The van der Waals surface area contributed by atoms with Crippen molar-refractivity contribution in [1.29, 1.82) is 0 Å². The SMILES string of the molecule is C=CCN(CC=C)c1ccc(C(O)c2ccc(N(CC=C)CC=C)cc2)cc1. The first-order chi connectivity index (χ1) is 13.6. The maximum atomic E-state index is 10.8. The number of aliphatic hydroxyl groups excluding tert-OH is 1. The van der Waals surface area contributed by atoms with E-state index < -0.39 is 6.10 Å². The van der Waals surface area contributed by atoms with Crippen molar-refractivity contribution in [2.45, 2.75) is 6.10 Å². The molecule has 0 amide bonds. The molecule has 3 nitrogen and oxygen atoms in total. The Morgan fingerprint density at radius 3 is 1.14 bits per heavy atom. The van der Waals surface area contributed by atoms with Crippen LogP contribution in [0.1, 0.15) is 17.2 Å². The Kier molecular flexibility index (Phi) is 8.32. The molecule has 2 aromatic carbocycles. The molecule has 0 aliphatic heterocycles. The Bertz CT molecular complexity index is 690. The lowest BCUT2D eigenvalue weighted by molar-refractivity contribution is 0.220. The van der Waals surface area contributed by atoms with E-state index in [4.69, 9.17) is 0 Å². The molecule has 0 aliphatic carbocycles. The first-order valence-electron chi connectivity index (χ1n) is 9.46. The predicted octanol–water partition coefficient (Wildman–Crippen LogP) is 5.13. The normalized spacial score (nSPS) is 10.4. The molecule has 3 heteroatoms. The first-order valence-corrected chi connectivity index (χ1v) is 9.46. The molecule has 28 heavy (non-hydrogen) atoms. The summed E-state index contributed by atoms with van der Waals surface area (Å²) in [5, 5.41) is 10.8. The Morgan fingerprint density at radius 2 is 0.893 bits per heavy atom. The van der Waals surface area contributed by atoms with Crippen LogP contribution in [0.3, 0.4) is 0 Å².